The molecule has 0 N–H and O–H groups in total. The van der Waals surface area contributed by atoms with E-state index in [0.717, 1.165) is 16.1 Å². The molecule has 0 unspecified atom stereocenters. The number of alkyl halides is 1. The minimum absolute atomic E-state index is 0.0804. The van der Waals surface area contributed by atoms with E-state index in [0.29, 0.717) is 0 Å². The molecule has 1 aromatic rings. The van der Waals surface area contributed by atoms with Crippen LogP contribution in [0.5, 0.6) is 0 Å². The summed E-state index contributed by atoms with van der Waals surface area (Å²) in [5.74, 6) is 1.78. The molecular weight excluding hydrogens is 253 g/mol. The van der Waals surface area contributed by atoms with Gasteiger partial charge in [0.2, 0.25) is 5.89 Å². The van der Waals surface area contributed by atoms with Crippen LogP contribution < -0.4 is 0 Å². The van der Waals surface area contributed by atoms with Gasteiger partial charge in [-0.15, -0.1) is 0 Å². The Morgan fingerprint density at radius 2 is 2.18 bits per heavy atom. The predicted molar refractivity (Wildman–Crippen MR) is 52.9 cm³/mol. The van der Waals surface area contributed by atoms with Crippen molar-refractivity contribution in [1.29, 1.82) is 0 Å². The Morgan fingerprint density at radius 1 is 1.55 bits per heavy atom. The lowest BCUT2D eigenvalue weighted by Gasteiger charge is -2.12. The van der Waals surface area contributed by atoms with Crippen molar-refractivity contribution in [2.75, 3.05) is 0 Å². The molecule has 0 fully saturated rings. The molecule has 62 valence electrons. The largest absolute Gasteiger partial charge is 0.444 e. The first kappa shape index (κ1) is 9.03. The molecule has 0 saturated heterocycles. The second kappa shape index (κ2) is 3.13. The molecule has 0 amide bonds. The first-order chi connectivity index (χ1) is 5.04. The molecule has 0 radical (unpaired) electrons. The minimum Gasteiger partial charge on any atom is -0.444 e. The topological polar surface area (TPSA) is 26.0 Å². The van der Waals surface area contributed by atoms with Crippen molar-refractivity contribution >= 4 is 22.6 Å². The lowest BCUT2D eigenvalue weighted by atomic mass is 9.94. The second-order valence-electron chi connectivity index (χ2n) is 3.50. The Balaban J connectivity index is 2.89. The van der Waals surface area contributed by atoms with Gasteiger partial charge in [0.05, 0.1) is 10.6 Å². The van der Waals surface area contributed by atoms with E-state index in [4.69, 9.17) is 4.42 Å². The quantitative estimate of drug-likeness (QED) is 0.576. The minimum atomic E-state index is 0.0804. The molecule has 0 atom stereocenters. The number of rotatable bonds is 1. The van der Waals surface area contributed by atoms with Crippen molar-refractivity contribution in [3.8, 4) is 0 Å². The fourth-order valence-electron chi connectivity index (χ4n) is 0.719. The van der Waals surface area contributed by atoms with E-state index in [9.17, 15) is 0 Å². The lowest BCUT2D eigenvalue weighted by molar-refractivity contribution is 0.392. The molecule has 3 heteroatoms. The first-order valence-electron chi connectivity index (χ1n) is 3.55. The van der Waals surface area contributed by atoms with Gasteiger partial charge < -0.3 is 4.42 Å². The van der Waals surface area contributed by atoms with Crippen molar-refractivity contribution in [1.82, 2.24) is 4.98 Å². The third kappa shape index (κ3) is 2.18. The number of aromatic nitrogens is 1. The summed E-state index contributed by atoms with van der Waals surface area (Å²) >= 11 is 2.24. The third-order valence-electron chi connectivity index (χ3n) is 1.41. The molecule has 0 aliphatic heterocycles. The van der Waals surface area contributed by atoms with Crippen molar-refractivity contribution in [2.24, 2.45) is 0 Å². The fraction of sp³-hybridized carbons (Fsp3) is 0.625. The summed E-state index contributed by atoms with van der Waals surface area (Å²) in [7, 11) is 0. The van der Waals surface area contributed by atoms with E-state index in [-0.39, 0.29) is 5.41 Å². The van der Waals surface area contributed by atoms with Gasteiger partial charge >= 0.3 is 0 Å². The van der Waals surface area contributed by atoms with Crippen LogP contribution in [0.3, 0.4) is 0 Å². The van der Waals surface area contributed by atoms with Crippen molar-refractivity contribution in [2.45, 2.75) is 30.6 Å². The Labute approximate surface area is 80.5 Å². The Morgan fingerprint density at radius 3 is 2.45 bits per heavy atom. The van der Waals surface area contributed by atoms with Crippen LogP contribution in [0.2, 0.25) is 0 Å². The highest BCUT2D eigenvalue weighted by atomic mass is 127. The summed E-state index contributed by atoms with van der Waals surface area (Å²) in [4.78, 5) is 4.13. The van der Waals surface area contributed by atoms with Gasteiger partial charge in [-0.3, -0.25) is 0 Å². The molecule has 1 heterocycles. The van der Waals surface area contributed by atoms with Gasteiger partial charge in [0.25, 0.3) is 0 Å². The fourth-order valence-corrected chi connectivity index (χ4v) is 1.07. The summed E-state index contributed by atoms with van der Waals surface area (Å²) in [6.07, 6.45) is 1.81. The molecule has 0 bridgehead atoms. The van der Waals surface area contributed by atoms with Crippen LogP contribution in [0.1, 0.15) is 32.4 Å². The highest BCUT2D eigenvalue weighted by Gasteiger charge is 2.18. The lowest BCUT2D eigenvalue weighted by Crippen LogP contribution is -2.09. The number of hydrogen-bond acceptors (Lipinski definition) is 2. The number of nitrogens with zero attached hydrogens (tertiary/aromatic N) is 1. The Bertz CT molecular complexity index is 236. The molecule has 0 spiro atoms. The maximum Gasteiger partial charge on any atom is 0.204 e. The summed E-state index contributed by atoms with van der Waals surface area (Å²) in [6, 6.07) is 0. The van der Waals surface area contributed by atoms with Crippen LogP contribution in [0.4, 0.5) is 0 Å². The van der Waals surface area contributed by atoms with E-state index in [2.05, 4.69) is 48.3 Å². The molecule has 0 saturated carbocycles. The first-order valence-corrected chi connectivity index (χ1v) is 5.08. The number of halogens is 1. The average molecular weight is 265 g/mol. The predicted octanol–water partition coefficient (Wildman–Crippen LogP) is 2.91. The van der Waals surface area contributed by atoms with Crippen LogP contribution in [-0.4, -0.2) is 4.98 Å². The van der Waals surface area contributed by atoms with E-state index < -0.39 is 0 Å². The van der Waals surface area contributed by atoms with E-state index in [1.165, 1.54) is 0 Å². The van der Waals surface area contributed by atoms with Gasteiger partial charge in [-0.05, 0) is 0 Å². The average Bonchev–Trinajstić information content (AvgIpc) is 2.32. The summed E-state index contributed by atoms with van der Waals surface area (Å²) in [5, 5.41) is 0. The van der Waals surface area contributed by atoms with Gasteiger partial charge in [-0.2, -0.15) is 0 Å². The summed E-state index contributed by atoms with van der Waals surface area (Å²) in [6.45, 7) is 6.35. The second-order valence-corrected chi connectivity index (χ2v) is 4.26. The van der Waals surface area contributed by atoms with Crippen molar-refractivity contribution in [3.63, 3.8) is 0 Å². The van der Waals surface area contributed by atoms with E-state index in [1.807, 2.05) is 6.20 Å². The monoisotopic (exact) mass is 265 g/mol. The molecular formula is C8H12INO. The van der Waals surface area contributed by atoms with Gasteiger partial charge in [-0.25, -0.2) is 4.98 Å². The van der Waals surface area contributed by atoms with Crippen LogP contribution in [0.15, 0.2) is 10.6 Å². The van der Waals surface area contributed by atoms with Crippen molar-refractivity contribution < 1.29 is 4.42 Å². The molecule has 1 aromatic heterocycles. The molecule has 2 nitrogen and oxygen atoms in total. The Hall–Kier alpha value is -0.0600. The van der Waals surface area contributed by atoms with Crippen LogP contribution in [0, 0.1) is 0 Å². The summed E-state index contributed by atoms with van der Waals surface area (Å²) in [5.41, 5.74) is 0.0804. The van der Waals surface area contributed by atoms with Crippen LogP contribution >= 0.6 is 22.6 Å². The van der Waals surface area contributed by atoms with E-state index in [1.54, 1.807) is 0 Å². The maximum absolute atomic E-state index is 5.48. The van der Waals surface area contributed by atoms with Gasteiger partial charge in [0, 0.05) is 5.41 Å². The van der Waals surface area contributed by atoms with Crippen LogP contribution in [0.25, 0.3) is 0 Å². The molecule has 0 aromatic carbocycles. The highest BCUT2D eigenvalue weighted by Crippen LogP contribution is 2.23. The zero-order valence-corrected chi connectivity index (χ0v) is 9.18. The zero-order chi connectivity index (χ0) is 8.48. The van der Waals surface area contributed by atoms with Crippen molar-refractivity contribution in [3.05, 3.63) is 17.8 Å². The summed E-state index contributed by atoms with van der Waals surface area (Å²) < 4.78 is 6.32. The van der Waals surface area contributed by atoms with Gasteiger partial charge in [0.15, 0.2) is 0 Å². The third-order valence-corrected chi connectivity index (χ3v) is 2.06. The van der Waals surface area contributed by atoms with E-state index >= 15 is 0 Å². The molecule has 1 rings (SSSR count). The van der Waals surface area contributed by atoms with Gasteiger partial charge in [0.1, 0.15) is 5.76 Å². The zero-order valence-electron chi connectivity index (χ0n) is 7.02. The van der Waals surface area contributed by atoms with Crippen LogP contribution in [-0.2, 0) is 9.84 Å². The highest BCUT2D eigenvalue weighted by molar-refractivity contribution is 14.1. The molecule has 0 aliphatic carbocycles. The Kier molecular flexibility index (Phi) is 2.57. The number of oxazole rings is 1. The SMILES string of the molecule is CC(C)(C)c1cnc(CI)o1. The standard InChI is InChI=1S/C8H12INO/c1-8(2,3)6-5-10-7(4-9)11-6/h5H,4H2,1-3H3. The maximum atomic E-state index is 5.48. The smallest absolute Gasteiger partial charge is 0.204 e. The van der Waals surface area contributed by atoms with Gasteiger partial charge in [-0.1, -0.05) is 43.4 Å². The molecule has 11 heavy (non-hydrogen) atoms. The normalized spacial score (nSPS) is 12.0. The molecule has 0 aliphatic rings. The number of hydrogen-bond donors (Lipinski definition) is 0.